The van der Waals surface area contributed by atoms with Gasteiger partial charge in [0.15, 0.2) is 11.5 Å². The Morgan fingerprint density at radius 2 is 1.50 bits per heavy atom. The molecule has 0 aliphatic rings. The average Bonchev–Trinajstić information content (AvgIpc) is 2.47. The number of benzene rings is 2. The molecule has 2 aromatic carbocycles. The minimum absolute atomic E-state index is 0.107. The molecule has 0 amide bonds. The van der Waals surface area contributed by atoms with Gasteiger partial charge < -0.3 is 14.2 Å². The van der Waals surface area contributed by atoms with Crippen LogP contribution in [0.3, 0.4) is 0 Å². The maximum Gasteiger partial charge on any atom is 0.211 e. The molecule has 4 nitrogen and oxygen atoms in total. The first kappa shape index (κ1) is 13.7. The van der Waals surface area contributed by atoms with E-state index in [1.165, 1.54) is 32.4 Å². The molecule has 2 rings (SSSR count). The summed E-state index contributed by atoms with van der Waals surface area (Å²) in [6.07, 6.45) is 0. The molecule has 0 aliphatic carbocycles. The predicted molar refractivity (Wildman–Crippen MR) is 70.7 cm³/mol. The number of ether oxygens (including phenoxy) is 3. The van der Waals surface area contributed by atoms with Gasteiger partial charge in [-0.05, 0) is 24.3 Å². The number of nitrogens with zero attached hydrogens (tertiary/aromatic N) is 1. The molecule has 20 heavy (non-hydrogen) atoms. The van der Waals surface area contributed by atoms with Crippen molar-refractivity contribution in [3.63, 3.8) is 0 Å². The first-order chi connectivity index (χ1) is 9.71. The zero-order valence-electron chi connectivity index (χ0n) is 11.0. The number of para-hydroxylation sites is 1. The molecular formula is C15H12FNO3. The van der Waals surface area contributed by atoms with Crippen LogP contribution in [0.5, 0.6) is 23.0 Å². The van der Waals surface area contributed by atoms with Gasteiger partial charge in [-0.1, -0.05) is 12.1 Å². The van der Waals surface area contributed by atoms with Gasteiger partial charge in [0.25, 0.3) is 0 Å². The minimum Gasteiger partial charge on any atom is -0.493 e. The Kier molecular flexibility index (Phi) is 4.06. The van der Waals surface area contributed by atoms with Gasteiger partial charge in [0.1, 0.15) is 23.2 Å². The Balaban J connectivity index is 2.50. The fourth-order valence-corrected chi connectivity index (χ4v) is 1.73. The van der Waals surface area contributed by atoms with Crippen LogP contribution >= 0.6 is 0 Å². The third kappa shape index (κ3) is 2.50. The molecular weight excluding hydrogens is 261 g/mol. The predicted octanol–water partition coefficient (Wildman–Crippen LogP) is 3.51. The number of hydrogen-bond acceptors (Lipinski definition) is 4. The maximum atomic E-state index is 13.6. The number of hydrogen-bond donors (Lipinski definition) is 0. The van der Waals surface area contributed by atoms with Gasteiger partial charge in [-0.15, -0.1) is 0 Å². The van der Waals surface area contributed by atoms with Gasteiger partial charge >= 0.3 is 0 Å². The fourth-order valence-electron chi connectivity index (χ4n) is 1.73. The van der Waals surface area contributed by atoms with E-state index in [0.717, 1.165) is 0 Å². The number of halogens is 1. The van der Waals surface area contributed by atoms with E-state index in [0.29, 0.717) is 17.2 Å². The maximum absolute atomic E-state index is 13.6. The smallest absolute Gasteiger partial charge is 0.211 e. The molecule has 0 heterocycles. The summed E-state index contributed by atoms with van der Waals surface area (Å²) >= 11 is 0. The Bertz CT molecular complexity index is 642. The van der Waals surface area contributed by atoms with Gasteiger partial charge in [0.2, 0.25) is 5.75 Å². The van der Waals surface area contributed by atoms with E-state index in [1.54, 1.807) is 24.3 Å². The van der Waals surface area contributed by atoms with Crippen LogP contribution < -0.4 is 14.2 Å². The second-order valence-corrected chi connectivity index (χ2v) is 3.82. The first-order valence-electron chi connectivity index (χ1n) is 5.78. The number of methoxy groups -OCH3 is 2. The molecule has 0 saturated heterocycles. The van der Waals surface area contributed by atoms with Crippen molar-refractivity contribution in [3.05, 3.63) is 47.8 Å². The minimum atomic E-state index is -0.640. The third-order valence-corrected chi connectivity index (χ3v) is 2.68. The highest BCUT2D eigenvalue weighted by atomic mass is 19.1. The fraction of sp³-hybridized carbons (Fsp3) is 0.133. The summed E-state index contributed by atoms with van der Waals surface area (Å²) in [5.74, 6) is 0.615. The Labute approximate surface area is 115 Å². The van der Waals surface area contributed by atoms with Crippen LogP contribution in [0.15, 0.2) is 36.4 Å². The molecule has 5 heteroatoms. The molecule has 0 bridgehead atoms. The summed E-state index contributed by atoms with van der Waals surface area (Å²) in [4.78, 5) is 0. The largest absolute Gasteiger partial charge is 0.493 e. The molecule has 0 N–H and O–H groups in total. The zero-order chi connectivity index (χ0) is 14.5. The highest BCUT2D eigenvalue weighted by Crippen LogP contribution is 2.40. The molecule has 0 radical (unpaired) electrons. The SMILES string of the molecule is COc1cccc(OC)c1Oc1cccc(F)c1C#N. The van der Waals surface area contributed by atoms with Crippen LogP contribution in [0.2, 0.25) is 0 Å². The van der Waals surface area contributed by atoms with E-state index in [9.17, 15) is 4.39 Å². The lowest BCUT2D eigenvalue weighted by Crippen LogP contribution is -1.96. The number of nitriles is 1. The summed E-state index contributed by atoms with van der Waals surface area (Å²) in [5.41, 5.74) is -0.166. The molecule has 2 aromatic rings. The second-order valence-electron chi connectivity index (χ2n) is 3.82. The van der Waals surface area contributed by atoms with E-state index >= 15 is 0 Å². The van der Waals surface area contributed by atoms with Crippen LogP contribution in [0.25, 0.3) is 0 Å². The van der Waals surface area contributed by atoms with E-state index < -0.39 is 5.82 Å². The molecule has 0 aliphatic heterocycles. The van der Waals surface area contributed by atoms with Crippen molar-refractivity contribution in [2.75, 3.05) is 14.2 Å². The summed E-state index contributed by atoms with van der Waals surface area (Å²) in [6, 6.07) is 11.1. The van der Waals surface area contributed by atoms with E-state index in [4.69, 9.17) is 19.5 Å². The molecule has 0 unspecified atom stereocenters. The van der Waals surface area contributed by atoms with Gasteiger partial charge in [-0.2, -0.15) is 5.26 Å². The van der Waals surface area contributed by atoms with Crippen molar-refractivity contribution in [1.82, 2.24) is 0 Å². The summed E-state index contributed by atoms with van der Waals surface area (Å²) in [7, 11) is 2.97. The topological polar surface area (TPSA) is 51.5 Å². The van der Waals surface area contributed by atoms with Crippen molar-refractivity contribution in [2.24, 2.45) is 0 Å². The molecule has 0 spiro atoms. The van der Waals surface area contributed by atoms with Crippen molar-refractivity contribution < 1.29 is 18.6 Å². The van der Waals surface area contributed by atoms with E-state index in [2.05, 4.69) is 0 Å². The standard InChI is InChI=1S/C15H12FNO3/c1-18-13-7-4-8-14(19-2)15(13)20-12-6-3-5-11(16)10(12)9-17/h3-8H,1-2H3. The average molecular weight is 273 g/mol. The van der Waals surface area contributed by atoms with Crippen LogP contribution in [0.4, 0.5) is 4.39 Å². The van der Waals surface area contributed by atoms with Gasteiger partial charge in [-0.25, -0.2) is 4.39 Å². The Morgan fingerprint density at radius 3 is 2.05 bits per heavy atom. The first-order valence-corrected chi connectivity index (χ1v) is 5.78. The molecule has 0 fully saturated rings. The number of rotatable bonds is 4. The van der Waals surface area contributed by atoms with Crippen molar-refractivity contribution >= 4 is 0 Å². The summed E-state index contributed by atoms with van der Waals surface area (Å²) < 4.78 is 29.5. The third-order valence-electron chi connectivity index (χ3n) is 2.68. The molecule has 102 valence electrons. The lowest BCUT2D eigenvalue weighted by molar-refractivity contribution is 0.345. The Hall–Kier alpha value is -2.74. The van der Waals surface area contributed by atoms with E-state index in [-0.39, 0.29) is 11.3 Å². The molecule has 0 aromatic heterocycles. The lowest BCUT2D eigenvalue weighted by atomic mass is 10.2. The van der Waals surface area contributed by atoms with Crippen LogP contribution in [0.1, 0.15) is 5.56 Å². The van der Waals surface area contributed by atoms with Gasteiger partial charge in [0, 0.05) is 0 Å². The highest BCUT2D eigenvalue weighted by molar-refractivity contribution is 5.55. The van der Waals surface area contributed by atoms with Crippen LogP contribution in [0, 0.1) is 17.1 Å². The van der Waals surface area contributed by atoms with Crippen molar-refractivity contribution in [2.45, 2.75) is 0 Å². The molecule has 0 saturated carbocycles. The molecule has 0 atom stereocenters. The van der Waals surface area contributed by atoms with Crippen molar-refractivity contribution in [3.8, 4) is 29.1 Å². The summed E-state index contributed by atoms with van der Waals surface area (Å²) in [6.45, 7) is 0. The van der Waals surface area contributed by atoms with Gasteiger partial charge in [0.05, 0.1) is 14.2 Å². The van der Waals surface area contributed by atoms with Crippen molar-refractivity contribution in [1.29, 1.82) is 5.26 Å². The van der Waals surface area contributed by atoms with Gasteiger partial charge in [-0.3, -0.25) is 0 Å². The highest BCUT2D eigenvalue weighted by Gasteiger charge is 2.16. The zero-order valence-corrected chi connectivity index (χ0v) is 11.0. The quantitative estimate of drug-likeness (QED) is 0.855. The van der Waals surface area contributed by atoms with Crippen LogP contribution in [-0.2, 0) is 0 Å². The second kappa shape index (κ2) is 5.93. The van der Waals surface area contributed by atoms with E-state index in [1.807, 2.05) is 0 Å². The summed E-state index contributed by atoms with van der Waals surface area (Å²) in [5, 5.41) is 9.00. The lowest BCUT2D eigenvalue weighted by Gasteiger charge is -2.14. The monoisotopic (exact) mass is 273 g/mol. The van der Waals surface area contributed by atoms with Crippen LogP contribution in [-0.4, -0.2) is 14.2 Å². The Morgan fingerprint density at radius 1 is 0.950 bits per heavy atom. The normalized spacial score (nSPS) is 9.70.